The van der Waals surface area contributed by atoms with Crippen molar-refractivity contribution in [1.82, 2.24) is 0 Å². The Labute approximate surface area is 116 Å². The number of alkyl halides is 3. The third kappa shape index (κ3) is 10.7. The minimum Gasteiger partial charge on any atom is -0.272 e. The molecule has 0 amide bonds. The summed E-state index contributed by atoms with van der Waals surface area (Å²) in [5, 5.41) is -0.327. The van der Waals surface area contributed by atoms with E-state index in [1.165, 1.54) is 11.8 Å². The Morgan fingerprint density at radius 3 is 2.17 bits per heavy atom. The van der Waals surface area contributed by atoms with E-state index >= 15 is 0 Å². The van der Waals surface area contributed by atoms with E-state index in [4.69, 9.17) is 11.6 Å². The zero-order valence-electron chi connectivity index (χ0n) is 10.9. The van der Waals surface area contributed by atoms with Gasteiger partial charge in [-0.05, 0) is 25.1 Å². The molecule has 18 heavy (non-hydrogen) atoms. The Morgan fingerprint density at radius 2 is 1.89 bits per heavy atom. The maximum absolute atomic E-state index is 12.3. The molecule has 0 heterocycles. The fourth-order valence-electron chi connectivity index (χ4n) is 0.743. The maximum atomic E-state index is 12.3. The summed E-state index contributed by atoms with van der Waals surface area (Å²) in [5.74, 6) is 1.24. The largest absolute Gasteiger partial charge is 0.419 e. The number of hydrogen-bond acceptors (Lipinski definition) is 2. The topological polar surface area (TPSA) is 12.4 Å². The first kappa shape index (κ1) is 19.9. The molecule has 0 fully saturated rings. The summed E-state index contributed by atoms with van der Waals surface area (Å²) in [4.78, 5) is 3.07. The number of halogens is 4. The van der Waals surface area contributed by atoms with E-state index in [-0.39, 0.29) is 5.03 Å². The van der Waals surface area contributed by atoms with Gasteiger partial charge in [0.1, 0.15) is 0 Å². The molecule has 0 saturated heterocycles. The second-order valence-electron chi connectivity index (χ2n) is 3.14. The zero-order valence-corrected chi connectivity index (χ0v) is 12.4. The first-order chi connectivity index (χ1) is 8.34. The van der Waals surface area contributed by atoms with Gasteiger partial charge in [-0.15, -0.1) is 0 Å². The van der Waals surface area contributed by atoms with Gasteiger partial charge in [0.2, 0.25) is 0 Å². The van der Waals surface area contributed by atoms with E-state index in [2.05, 4.69) is 24.9 Å². The predicted octanol–water partition coefficient (Wildman–Crippen LogP) is 5.43. The third-order valence-corrected chi connectivity index (χ3v) is 2.62. The van der Waals surface area contributed by atoms with Crippen molar-refractivity contribution in [3.8, 4) is 0 Å². The van der Waals surface area contributed by atoms with Gasteiger partial charge in [-0.1, -0.05) is 37.9 Å². The highest BCUT2D eigenvalue weighted by atomic mass is 35.5. The highest BCUT2D eigenvalue weighted by Gasteiger charge is 2.35. The van der Waals surface area contributed by atoms with Crippen LogP contribution in [0.4, 0.5) is 13.2 Å². The highest BCUT2D eigenvalue weighted by molar-refractivity contribution is 7.98. The Morgan fingerprint density at radius 1 is 1.39 bits per heavy atom. The fourth-order valence-corrected chi connectivity index (χ4v) is 1.01. The lowest BCUT2D eigenvalue weighted by Crippen LogP contribution is -2.12. The molecule has 1 nitrogen and oxygen atoms in total. The fraction of sp³-hybridized carbons (Fsp3) is 0.583. The molecule has 0 aliphatic rings. The van der Waals surface area contributed by atoms with Crippen LogP contribution in [0, 0.1) is 0 Å². The van der Waals surface area contributed by atoms with Crippen molar-refractivity contribution >= 4 is 30.1 Å². The smallest absolute Gasteiger partial charge is 0.272 e. The van der Waals surface area contributed by atoms with Crippen LogP contribution in [-0.2, 0) is 0 Å². The molecule has 0 aliphatic heterocycles. The quantitative estimate of drug-likeness (QED) is 0.487. The Balaban J connectivity index is 0. The van der Waals surface area contributed by atoms with E-state index in [0.717, 1.165) is 6.42 Å². The molecule has 0 saturated carbocycles. The molecule has 0 bridgehead atoms. The van der Waals surface area contributed by atoms with Crippen molar-refractivity contribution in [2.24, 2.45) is 4.99 Å². The van der Waals surface area contributed by atoms with E-state index < -0.39 is 11.7 Å². The van der Waals surface area contributed by atoms with E-state index in [9.17, 15) is 13.2 Å². The second-order valence-corrected chi connectivity index (χ2v) is 4.70. The molecule has 0 atom stereocenters. The molecule has 0 radical (unpaired) electrons. The van der Waals surface area contributed by atoms with Crippen LogP contribution in [0.3, 0.4) is 0 Å². The van der Waals surface area contributed by atoms with Crippen LogP contribution in [0.15, 0.2) is 27.9 Å². The highest BCUT2D eigenvalue weighted by Crippen LogP contribution is 2.33. The number of thioether (sulfide) groups is 1. The van der Waals surface area contributed by atoms with Crippen LogP contribution < -0.4 is 0 Å². The Kier molecular flexibility index (Phi) is 12.9. The van der Waals surface area contributed by atoms with Gasteiger partial charge in [0.25, 0.3) is 0 Å². The van der Waals surface area contributed by atoms with Gasteiger partial charge < -0.3 is 0 Å². The standard InChI is InChI=1S/C9H11ClF3N.C3H8S/c1-3-4-5-8(10)7(6-14-2)9(11,12)13;1-3-4-2/h5-6H,2-4H2,1H3;3H2,1-2H3/b7-6+,8-5-;. The van der Waals surface area contributed by atoms with Gasteiger partial charge in [0.15, 0.2) is 0 Å². The summed E-state index contributed by atoms with van der Waals surface area (Å²) >= 11 is 7.33. The van der Waals surface area contributed by atoms with E-state index in [0.29, 0.717) is 12.6 Å². The van der Waals surface area contributed by atoms with Gasteiger partial charge in [-0.3, -0.25) is 4.99 Å². The maximum Gasteiger partial charge on any atom is 0.419 e. The molecule has 6 heteroatoms. The van der Waals surface area contributed by atoms with Crippen LogP contribution in [0.25, 0.3) is 0 Å². The third-order valence-electron chi connectivity index (χ3n) is 1.68. The van der Waals surface area contributed by atoms with Crippen LogP contribution in [-0.4, -0.2) is 24.9 Å². The van der Waals surface area contributed by atoms with Crippen LogP contribution >= 0.6 is 23.4 Å². The monoisotopic (exact) mass is 301 g/mol. The van der Waals surface area contributed by atoms with E-state index in [1.54, 1.807) is 0 Å². The number of hydrogen-bond donors (Lipinski definition) is 0. The lowest BCUT2D eigenvalue weighted by molar-refractivity contribution is -0.0888. The molecule has 0 spiro atoms. The molecule has 0 unspecified atom stereocenters. The Hall–Kier alpha value is -0.420. The van der Waals surface area contributed by atoms with Gasteiger partial charge >= 0.3 is 6.18 Å². The summed E-state index contributed by atoms with van der Waals surface area (Å²) in [5.41, 5.74) is -0.956. The number of allylic oxidation sites excluding steroid dienone is 3. The van der Waals surface area contributed by atoms with Gasteiger partial charge in [0, 0.05) is 6.20 Å². The first-order valence-corrected chi connectivity index (χ1v) is 7.20. The van der Waals surface area contributed by atoms with Crippen molar-refractivity contribution in [3.05, 3.63) is 22.9 Å². The van der Waals surface area contributed by atoms with Crippen molar-refractivity contribution in [1.29, 1.82) is 0 Å². The van der Waals surface area contributed by atoms with Crippen molar-refractivity contribution in [2.75, 3.05) is 12.0 Å². The molecule has 0 N–H and O–H groups in total. The van der Waals surface area contributed by atoms with Crippen LogP contribution in [0.5, 0.6) is 0 Å². The summed E-state index contributed by atoms with van der Waals surface area (Å²) in [6.07, 6.45) is 0.801. The van der Waals surface area contributed by atoms with E-state index in [1.807, 2.05) is 18.7 Å². The van der Waals surface area contributed by atoms with Crippen molar-refractivity contribution in [3.63, 3.8) is 0 Å². The van der Waals surface area contributed by atoms with Gasteiger partial charge in [-0.25, -0.2) is 0 Å². The number of nitrogens with zero attached hydrogens (tertiary/aromatic N) is 1. The summed E-state index contributed by atoms with van der Waals surface area (Å²) < 4.78 is 36.9. The molecule has 0 aromatic rings. The normalized spacial score (nSPS) is 12.8. The molecular formula is C12H19ClF3NS. The molecule has 0 aliphatic carbocycles. The second kappa shape index (κ2) is 11.7. The lowest BCUT2D eigenvalue weighted by atomic mass is 10.2. The predicted molar refractivity (Wildman–Crippen MR) is 76.6 cm³/mol. The first-order valence-electron chi connectivity index (χ1n) is 5.43. The minimum atomic E-state index is -4.48. The molecular weight excluding hydrogens is 283 g/mol. The SMILES string of the molecule is C=N/C=C(\C(Cl)=C\CCC)C(F)(F)F.CCSC. The summed E-state index contributed by atoms with van der Waals surface area (Å²) in [6.45, 7) is 6.96. The van der Waals surface area contributed by atoms with Crippen LogP contribution in [0.2, 0.25) is 0 Å². The molecule has 0 aromatic carbocycles. The number of unbranched alkanes of at least 4 members (excludes halogenated alkanes) is 1. The number of aliphatic imine (C=N–C) groups is 1. The molecule has 106 valence electrons. The Bertz CT molecular complexity index is 284. The van der Waals surface area contributed by atoms with Crippen molar-refractivity contribution < 1.29 is 13.2 Å². The summed E-state index contributed by atoms with van der Waals surface area (Å²) in [6, 6.07) is 0. The molecule has 0 aromatic heterocycles. The molecule has 0 rings (SSSR count). The van der Waals surface area contributed by atoms with Gasteiger partial charge in [-0.2, -0.15) is 24.9 Å². The average Bonchev–Trinajstić information content (AvgIpc) is 2.31. The average molecular weight is 302 g/mol. The summed E-state index contributed by atoms with van der Waals surface area (Å²) in [7, 11) is 0. The lowest BCUT2D eigenvalue weighted by Gasteiger charge is -2.09. The van der Waals surface area contributed by atoms with Crippen LogP contribution in [0.1, 0.15) is 26.7 Å². The zero-order chi connectivity index (χ0) is 14.6. The minimum absolute atomic E-state index is 0.327. The van der Waals surface area contributed by atoms with Gasteiger partial charge in [0.05, 0.1) is 10.6 Å². The number of rotatable bonds is 5. The van der Waals surface area contributed by atoms with Crippen molar-refractivity contribution in [2.45, 2.75) is 32.9 Å².